The Kier molecular flexibility index (Phi) is 7.28. The van der Waals surface area contributed by atoms with Gasteiger partial charge < -0.3 is 15.4 Å². The van der Waals surface area contributed by atoms with Gasteiger partial charge >= 0.3 is 0 Å². The Bertz CT molecular complexity index is 400. The zero-order valence-electron chi connectivity index (χ0n) is 11.6. The monoisotopic (exact) mass is 305 g/mol. The number of nitrogens with one attached hydrogen (secondary N) is 2. The van der Waals surface area contributed by atoms with Crippen molar-refractivity contribution < 1.29 is 4.74 Å². The molecule has 4 nitrogen and oxygen atoms in total. The molecule has 0 radical (unpaired) electrons. The highest BCUT2D eigenvalue weighted by atomic mass is 35.5. The van der Waals surface area contributed by atoms with Crippen LogP contribution in [0.4, 0.5) is 11.6 Å². The molecule has 0 fully saturated rings. The smallest absolute Gasteiger partial charge is 0.147 e. The molecule has 19 heavy (non-hydrogen) atoms. The second-order valence-corrected chi connectivity index (χ2v) is 5.27. The Morgan fingerprint density at radius 2 is 1.89 bits per heavy atom. The zero-order chi connectivity index (χ0) is 14.3. The van der Waals surface area contributed by atoms with E-state index in [1.165, 1.54) is 0 Å². The van der Waals surface area contributed by atoms with Crippen LogP contribution in [0.1, 0.15) is 26.7 Å². The SMILES string of the molecule is CNc1nc(NCCCCOC(C)C)c(Cl)cc1Cl. The summed E-state index contributed by atoms with van der Waals surface area (Å²) in [5.74, 6) is 1.27. The molecule has 1 aromatic heterocycles. The van der Waals surface area contributed by atoms with Crippen LogP contribution >= 0.6 is 23.2 Å². The average Bonchev–Trinajstić information content (AvgIpc) is 2.35. The van der Waals surface area contributed by atoms with Crippen molar-refractivity contribution in [3.05, 3.63) is 16.1 Å². The maximum absolute atomic E-state index is 6.08. The highest BCUT2D eigenvalue weighted by Gasteiger charge is 2.07. The van der Waals surface area contributed by atoms with Crippen LogP contribution in [0, 0.1) is 0 Å². The van der Waals surface area contributed by atoms with Crippen molar-refractivity contribution in [1.29, 1.82) is 0 Å². The molecule has 0 atom stereocenters. The summed E-state index contributed by atoms with van der Waals surface area (Å²) < 4.78 is 5.47. The topological polar surface area (TPSA) is 46.2 Å². The van der Waals surface area contributed by atoms with Crippen LogP contribution in [0.2, 0.25) is 10.0 Å². The fourth-order valence-electron chi connectivity index (χ4n) is 1.52. The predicted octanol–water partition coefficient (Wildman–Crippen LogP) is 4.05. The van der Waals surface area contributed by atoms with Gasteiger partial charge in [0.1, 0.15) is 11.6 Å². The molecule has 0 unspecified atom stereocenters. The maximum Gasteiger partial charge on any atom is 0.147 e. The van der Waals surface area contributed by atoms with Crippen molar-refractivity contribution in [2.45, 2.75) is 32.8 Å². The van der Waals surface area contributed by atoms with Crippen molar-refractivity contribution in [3.63, 3.8) is 0 Å². The van der Waals surface area contributed by atoms with Gasteiger partial charge in [-0.25, -0.2) is 4.98 Å². The molecule has 1 aromatic rings. The number of anilines is 2. The van der Waals surface area contributed by atoms with Crippen molar-refractivity contribution in [2.75, 3.05) is 30.8 Å². The molecule has 1 rings (SSSR count). The molecule has 0 aliphatic carbocycles. The number of hydrogen-bond acceptors (Lipinski definition) is 4. The summed E-state index contributed by atoms with van der Waals surface area (Å²) >= 11 is 12.1. The Morgan fingerprint density at radius 1 is 1.21 bits per heavy atom. The van der Waals surface area contributed by atoms with Gasteiger partial charge in [0.15, 0.2) is 0 Å². The van der Waals surface area contributed by atoms with E-state index in [9.17, 15) is 0 Å². The van der Waals surface area contributed by atoms with Crippen molar-refractivity contribution in [2.24, 2.45) is 0 Å². The Morgan fingerprint density at radius 3 is 2.53 bits per heavy atom. The molecular formula is C13H21Cl2N3O. The number of hydrogen-bond donors (Lipinski definition) is 2. The van der Waals surface area contributed by atoms with E-state index in [4.69, 9.17) is 27.9 Å². The molecule has 2 N–H and O–H groups in total. The van der Waals surface area contributed by atoms with Crippen molar-refractivity contribution >= 4 is 34.8 Å². The number of unbranched alkanes of at least 4 members (excludes halogenated alkanes) is 1. The van der Waals surface area contributed by atoms with Gasteiger partial charge in [0.2, 0.25) is 0 Å². The average molecular weight is 306 g/mol. The first-order valence-electron chi connectivity index (χ1n) is 6.44. The van der Waals surface area contributed by atoms with Crippen LogP contribution in [0.25, 0.3) is 0 Å². The summed E-state index contributed by atoms with van der Waals surface area (Å²) in [6, 6.07) is 1.69. The highest BCUT2D eigenvalue weighted by Crippen LogP contribution is 2.28. The summed E-state index contributed by atoms with van der Waals surface area (Å²) in [6.07, 6.45) is 2.30. The maximum atomic E-state index is 6.08. The molecule has 1 heterocycles. The van der Waals surface area contributed by atoms with Gasteiger partial charge in [0, 0.05) is 20.2 Å². The summed E-state index contributed by atoms with van der Waals surface area (Å²) in [6.45, 7) is 5.66. The number of halogens is 2. The first-order chi connectivity index (χ1) is 9.04. The molecule has 0 amide bonds. The number of rotatable bonds is 8. The molecule has 0 saturated carbocycles. The van der Waals surface area contributed by atoms with Crippen LogP contribution in [0.5, 0.6) is 0 Å². The molecule has 0 aromatic carbocycles. The number of pyridine rings is 1. The third-order valence-corrected chi connectivity index (χ3v) is 3.06. The molecule has 0 bridgehead atoms. The second-order valence-electron chi connectivity index (χ2n) is 4.45. The quantitative estimate of drug-likeness (QED) is 0.711. The predicted molar refractivity (Wildman–Crippen MR) is 82.6 cm³/mol. The first-order valence-corrected chi connectivity index (χ1v) is 7.19. The third kappa shape index (κ3) is 5.85. The molecule has 6 heteroatoms. The van der Waals surface area contributed by atoms with Gasteiger partial charge in [0.05, 0.1) is 16.1 Å². The summed E-state index contributed by atoms with van der Waals surface area (Å²) in [5.41, 5.74) is 0. The van der Waals surface area contributed by atoms with E-state index >= 15 is 0 Å². The van der Waals surface area contributed by atoms with Gasteiger partial charge in [-0.1, -0.05) is 23.2 Å². The number of nitrogens with zero attached hydrogens (tertiary/aromatic N) is 1. The van der Waals surface area contributed by atoms with Gasteiger partial charge in [-0.3, -0.25) is 0 Å². The van der Waals surface area contributed by atoms with E-state index in [0.717, 1.165) is 26.0 Å². The second kappa shape index (κ2) is 8.46. The number of aromatic nitrogens is 1. The molecule has 0 spiro atoms. The van der Waals surface area contributed by atoms with Crippen LogP contribution in [-0.2, 0) is 4.74 Å². The zero-order valence-corrected chi connectivity index (χ0v) is 13.1. The van der Waals surface area contributed by atoms with E-state index < -0.39 is 0 Å². The lowest BCUT2D eigenvalue weighted by Gasteiger charge is -2.11. The van der Waals surface area contributed by atoms with Crippen molar-refractivity contribution in [1.82, 2.24) is 4.98 Å². The van der Waals surface area contributed by atoms with Crippen LogP contribution in [0.3, 0.4) is 0 Å². The summed E-state index contributed by atoms with van der Waals surface area (Å²) in [5, 5.41) is 7.18. The molecule has 0 saturated heterocycles. The fourth-order valence-corrected chi connectivity index (χ4v) is 2.04. The molecular weight excluding hydrogens is 285 g/mol. The molecule has 0 aliphatic heterocycles. The van der Waals surface area contributed by atoms with Gasteiger partial charge in [-0.15, -0.1) is 0 Å². The Labute approximate surface area is 124 Å². The van der Waals surface area contributed by atoms with Crippen LogP contribution < -0.4 is 10.6 Å². The van der Waals surface area contributed by atoms with E-state index in [1.54, 1.807) is 13.1 Å². The lowest BCUT2D eigenvalue weighted by Crippen LogP contribution is -2.08. The lowest BCUT2D eigenvalue weighted by molar-refractivity contribution is 0.0765. The van der Waals surface area contributed by atoms with Gasteiger partial charge in [-0.2, -0.15) is 0 Å². The van der Waals surface area contributed by atoms with Crippen LogP contribution in [0.15, 0.2) is 6.07 Å². The number of ether oxygens (including phenoxy) is 1. The summed E-state index contributed by atoms with van der Waals surface area (Å²) in [7, 11) is 1.77. The van der Waals surface area contributed by atoms with Crippen LogP contribution in [-0.4, -0.2) is 31.3 Å². The lowest BCUT2D eigenvalue weighted by atomic mass is 10.3. The van der Waals surface area contributed by atoms with E-state index in [2.05, 4.69) is 15.6 Å². The molecule has 108 valence electrons. The van der Waals surface area contributed by atoms with Gasteiger partial charge in [-0.05, 0) is 32.8 Å². The van der Waals surface area contributed by atoms with Gasteiger partial charge in [0.25, 0.3) is 0 Å². The largest absolute Gasteiger partial charge is 0.379 e. The third-order valence-electron chi connectivity index (χ3n) is 2.48. The van der Waals surface area contributed by atoms with E-state index in [0.29, 0.717) is 27.8 Å². The Hall–Kier alpha value is -0.710. The minimum absolute atomic E-state index is 0.290. The van der Waals surface area contributed by atoms with E-state index in [1.807, 2.05) is 13.8 Å². The van der Waals surface area contributed by atoms with E-state index in [-0.39, 0.29) is 0 Å². The Balaban J connectivity index is 2.37. The first kappa shape index (κ1) is 16.3. The minimum Gasteiger partial charge on any atom is -0.379 e. The minimum atomic E-state index is 0.290. The summed E-state index contributed by atoms with van der Waals surface area (Å²) in [4.78, 5) is 4.32. The van der Waals surface area contributed by atoms with Crippen molar-refractivity contribution in [3.8, 4) is 0 Å². The fraction of sp³-hybridized carbons (Fsp3) is 0.615. The molecule has 0 aliphatic rings. The normalized spacial score (nSPS) is 10.8. The highest BCUT2D eigenvalue weighted by molar-refractivity contribution is 6.37. The standard InChI is InChI=1S/C13H21Cl2N3O/c1-9(2)19-7-5-4-6-17-13-11(15)8-10(14)12(16-3)18-13/h8-9H,4-7H2,1-3H3,(H2,16,17,18).